The van der Waals surface area contributed by atoms with Gasteiger partial charge in [0, 0.05) is 24.7 Å². The van der Waals surface area contributed by atoms with Crippen LogP contribution in [-0.2, 0) is 13.6 Å². The van der Waals surface area contributed by atoms with E-state index in [-0.39, 0.29) is 5.91 Å². The fraction of sp³-hybridized carbons (Fsp3) is 0.350. The second kappa shape index (κ2) is 7.99. The standard InChI is InChI=1S/C20H24N4O2/c1-4-5-12-24(14-18-7-6-13-26-18)20(25)17-10-8-16(9-11-17)19-21-15(2)23(3)22-19/h6-11,13H,4-5,12,14H2,1-3H3. The van der Waals surface area contributed by atoms with Crippen LogP contribution in [0, 0.1) is 6.92 Å². The number of rotatable bonds is 7. The van der Waals surface area contributed by atoms with Gasteiger partial charge in [-0.2, -0.15) is 5.10 Å². The first-order valence-electron chi connectivity index (χ1n) is 8.88. The number of furan rings is 1. The van der Waals surface area contributed by atoms with Crippen molar-refractivity contribution in [1.29, 1.82) is 0 Å². The monoisotopic (exact) mass is 352 g/mol. The van der Waals surface area contributed by atoms with Crippen molar-refractivity contribution in [3.63, 3.8) is 0 Å². The van der Waals surface area contributed by atoms with E-state index in [1.807, 2.05) is 55.3 Å². The number of carbonyl (C=O) groups excluding carboxylic acids is 1. The first-order chi connectivity index (χ1) is 12.6. The van der Waals surface area contributed by atoms with E-state index in [0.717, 1.165) is 30.0 Å². The van der Waals surface area contributed by atoms with Crippen molar-refractivity contribution in [1.82, 2.24) is 19.7 Å². The van der Waals surface area contributed by atoms with E-state index in [1.54, 1.807) is 10.9 Å². The molecule has 2 heterocycles. The number of hydrogen-bond acceptors (Lipinski definition) is 4. The number of nitrogens with zero attached hydrogens (tertiary/aromatic N) is 4. The van der Waals surface area contributed by atoms with Crippen molar-refractivity contribution in [3.05, 3.63) is 59.8 Å². The van der Waals surface area contributed by atoms with Crippen LogP contribution in [0.5, 0.6) is 0 Å². The van der Waals surface area contributed by atoms with E-state index in [9.17, 15) is 4.79 Å². The van der Waals surface area contributed by atoms with Crippen LogP contribution < -0.4 is 0 Å². The molecule has 6 heteroatoms. The lowest BCUT2D eigenvalue weighted by molar-refractivity contribution is 0.0729. The van der Waals surface area contributed by atoms with Crippen molar-refractivity contribution < 1.29 is 9.21 Å². The first kappa shape index (κ1) is 17.9. The van der Waals surface area contributed by atoms with Crippen molar-refractivity contribution in [3.8, 4) is 11.4 Å². The minimum atomic E-state index is 0.00607. The molecule has 0 aliphatic carbocycles. The van der Waals surface area contributed by atoms with Crippen LogP contribution in [0.3, 0.4) is 0 Å². The number of aromatic nitrogens is 3. The van der Waals surface area contributed by atoms with Crippen LogP contribution in [0.1, 0.15) is 41.7 Å². The second-order valence-electron chi connectivity index (χ2n) is 6.34. The molecule has 2 aromatic heterocycles. The number of benzene rings is 1. The Morgan fingerprint density at radius 2 is 2.00 bits per heavy atom. The van der Waals surface area contributed by atoms with Gasteiger partial charge in [-0.15, -0.1) is 0 Å². The predicted molar refractivity (Wildman–Crippen MR) is 99.5 cm³/mol. The van der Waals surface area contributed by atoms with E-state index in [1.165, 1.54) is 0 Å². The molecule has 136 valence electrons. The summed E-state index contributed by atoms with van der Waals surface area (Å²) in [6, 6.07) is 11.2. The van der Waals surface area contributed by atoms with E-state index < -0.39 is 0 Å². The van der Waals surface area contributed by atoms with Gasteiger partial charge in [0.25, 0.3) is 5.91 Å². The zero-order valence-corrected chi connectivity index (χ0v) is 15.5. The average molecular weight is 352 g/mol. The smallest absolute Gasteiger partial charge is 0.254 e. The molecule has 0 aliphatic rings. The SMILES string of the molecule is CCCCN(Cc1ccco1)C(=O)c1ccc(-c2nc(C)n(C)n2)cc1. The van der Waals surface area contributed by atoms with Crippen molar-refractivity contribution in [2.45, 2.75) is 33.2 Å². The zero-order chi connectivity index (χ0) is 18.5. The number of amides is 1. The summed E-state index contributed by atoms with van der Waals surface area (Å²) in [4.78, 5) is 19.2. The van der Waals surface area contributed by atoms with Gasteiger partial charge in [0.1, 0.15) is 11.6 Å². The van der Waals surface area contributed by atoms with Gasteiger partial charge < -0.3 is 9.32 Å². The van der Waals surface area contributed by atoms with Gasteiger partial charge in [0.2, 0.25) is 0 Å². The zero-order valence-electron chi connectivity index (χ0n) is 15.5. The van der Waals surface area contributed by atoms with Crippen LogP contribution in [-0.4, -0.2) is 32.1 Å². The summed E-state index contributed by atoms with van der Waals surface area (Å²) < 4.78 is 7.15. The maximum Gasteiger partial charge on any atom is 0.254 e. The number of aryl methyl sites for hydroxylation is 2. The van der Waals surface area contributed by atoms with E-state index >= 15 is 0 Å². The molecule has 0 unspecified atom stereocenters. The van der Waals surface area contributed by atoms with E-state index in [4.69, 9.17) is 4.42 Å². The molecule has 26 heavy (non-hydrogen) atoms. The molecular weight excluding hydrogens is 328 g/mol. The van der Waals surface area contributed by atoms with Gasteiger partial charge in [-0.25, -0.2) is 4.98 Å². The van der Waals surface area contributed by atoms with Gasteiger partial charge in [-0.1, -0.05) is 25.5 Å². The molecule has 0 saturated carbocycles. The fourth-order valence-corrected chi connectivity index (χ4v) is 2.72. The van der Waals surface area contributed by atoms with Crippen LogP contribution in [0.15, 0.2) is 47.1 Å². The summed E-state index contributed by atoms with van der Waals surface area (Å²) in [6.07, 6.45) is 3.63. The fourth-order valence-electron chi connectivity index (χ4n) is 2.72. The summed E-state index contributed by atoms with van der Waals surface area (Å²) in [5.41, 5.74) is 1.56. The van der Waals surface area contributed by atoms with Gasteiger partial charge in [0.15, 0.2) is 5.82 Å². The number of hydrogen-bond donors (Lipinski definition) is 0. The normalized spacial score (nSPS) is 10.9. The molecule has 0 saturated heterocycles. The Bertz CT molecular complexity index is 831. The predicted octanol–water partition coefficient (Wildman–Crippen LogP) is 3.83. The maximum atomic E-state index is 12.9. The lowest BCUT2D eigenvalue weighted by atomic mass is 10.1. The molecule has 6 nitrogen and oxygen atoms in total. The Hall–Kier alpha value is -2.89. The first-order valence-corrected chi connectivity index (χ1v) is 8.88. The number of carbonyl (C=O) groups is 1. The maximum absolute atomic E-state index is 12.9. The Balaban J connectivity index is 1.77. The highest BCUT2D eigenvalue weighted by Gasteiger charge is 2.17. The molecule has 1 amide bonds. The third-order valence-corrected chi connectivity index (χ3v) is 4.37. The van der Waals surface area contributed by atoms with Crippen molar-refractivity contribution in [2.75, 3.05) is 6.54 Å². The summed E-state index contributed by atoms with van der Waals surface area (Å²) >= 11 is 0. The van der Waals surface area contributed by atoms with Gasteiger partial charge in [0.05, 0.1) is 12.8 Å². The Morgan fingerprint density at radius 3 is 2.58 bits per heavy atom. The van der Waals surface area contributed by atoms with Gasteiger partial charge in [-0.05, 0) is 37.6 Å². The number of unbranched alkanes of at least 4 members (excludes halogenated alkanes) is 1. The Kier molecular flexibility index (Phi) is 5.51. The average Bonchev–Trinajstić information content (AvgIpc) is 3.28. The van der Waals surface area contributed by atoms with E-state index in [2.05, 4.69) is 17.0 Å². The topological polar surface area (TPSA) is 64.2 Å². The molecule has 0 N–H and O–H groups in total. The molecule has 1 aromatic carbocycles. The van der Waals surface area contributed by atoms with Crippen LogP contribution in [0.2, 0.25) is 0 Å². The summed E-state index contributed by atoms with van der Waals surface area (Å²) in [5.74, 6) is 2.32. The molecule has 0 radical (unpaired) electrons. The Labute approximate surface area is 153 Å². The van der Waals surface area contributed by atoms with Gasteiger partial charge in [-0.3, -0.25) is 9.48 Å². The van der Waals surface area contributed by atoms with Crippen molar-refractivity contribution >= 4 is 5.91 Å². The van der Waals surface area contributed by atoms with Crippen LogP contribution in [0.4, 0.5) is 0 Å². The Morgan fingerprint density at radius 1 is 1.23 bits per heavy atom. The molecular formula is C20H24N4O2. The minimum Gasteiger partial charge on any atom is -0.467 e. The molecule has 0 spiro atoms. The second-order valence-corrected chi connectivity index (χ2v) is 6.34. The van der Waals surface area contributed by atoms with Crippen molar-refractivity contribution in [2.24, 2.45) is 7.05 Å². The molecule has 3 rings (SSSR count). The lowest BCUT2D eigenvalue weighted by Gasteiger charge is -2.21. The molecule has 0 bridgehead atoms. The van der Waals surface area contributed by atoms with Gasteiger partial charge >= 0.3 is 0 Å². The largest absolute Gasteiger partial charge is 0.467 e. The lowest BCUT2D eigenvalue weighted by Crippen LogP contribution is -2.31. The highest BCUT2D eigenvalue weighted by Crippen LogP contribution is 2.18. The summed E-state index contributed by atoms with van der Waals surface area (Å²) in [5, 5.41) is 4.38. The highest BCUT2D eigenvalue weighted by atomic mass is 16.3. The summed E-state index contributed by atoms with van der Waals surface area (Å²) in [6.45, 7) is 5.22. The highest BCUT2D eigenvalue weighted by molar-refractivity contribution is 5.94. The van der Waals surface area contributed by atoms with Crippen LogP contribution >= 0.6 is 0 Å². The molecule has 3 aromatic rings. The van der Waals surface area contributed by atoms with E-state index in [0.29, 0.717) is 24.5 Å². The molecule has 0 fully saturated rings. The third kappa shape index (κ3) is 4.02. The molecule has 0 atom stereocenters. The quantitative estimate of drug-likeness (QED) is 0.648. The van der Waals surface area contributed by atoms with Crippen LogP contribution in [0.25, 0.3) is 11.4 Å². The summed E-state index contributed by atoms with van der Waals surface area (Å²) in [7, 11) is 1.87. The minimum absolute atomic E-state index is 0.00607. The molecule has 0 aliphatic heterocycles. The third-order valence-electron chi connectivity index (χ3n) is 4.37.